The maximum Gasteiger partial charge on any atom is 0.119 e. The summed E-state index contributed by atoms with van der Waals surface area (Å²) in [5, 5.41) is 19.8. The largest absolute Gasteiger partial charge is 0.491 e. The third-order valence-electron chi connectivity index (χ3n) is 3.63. The molecule has 1 atom stereocenters. The summed E-state index contributed by atoms with van der Waals surface area (Å²) in [5.74, 6) is 0.715. The molecule has 100 valence electrons. The number of ether oxygens (including phenoxy) is 1. The van der Waals surface area contributed by atoms with E-state index in [0.29, 0.717) is 12.4 Å². The van der Waals surface area contributed by atoms with Crippen LogP contribution in [0.1, 0.15) is 50.7 Å². The van der Waals surface area contributed by atoms with Crippen LogP contribution in [-0.2, 0) is 0 Å². The fourth-order valence-electron chi connectivity index (χ4n) is 2.44. The van der Waals surface area contributed by atoms with Gasteiger partial charge < -0.3 is 14.9 Å². The Bertz CT molecular complexity index is 381. The molecule has 1 aliphatic carbocycles. The lowest BCUT2D eigenvalue weighted by Gasteiger charge is -2.31. The second-order valence-corrected chi connectivity index (χ2v) is 5.32. The maximum absolute atomic E-state index is 10.3. The summed E-state index contributed by atoms with van der Waals surface area (Å²) in [6.07, 6.45) is 4.51. The lowest BCUT2D eigenvalue weighted by Crippen LogP contribution is -2.37. The van der Waals surface area contributed by atoms with Gasteiger partial charge in [0, 0.05) is 0 Å². The van der Waals surface area contributed by atoms with Crippen LogP contribution in [0.4, 0.5) is 0 Å². The van der Waals surface area contributed by atoms with E-state index in [9.17, 15) is 10.2 Å². The molecule has 2 N–H and O–H groups in total. The quantitative estimate of drug-likeness (QED) is 0.864. The van der Waals surface area contributed by atoms with Gasteiger partial charge in [0.05, 0.1) is 11.7 Å². The third-order valence-corrected chi connectivity index (χ3v) is 3.63. The standard InChI is InChI=1S/C15H22O3/c1-12(16)13-6-5-7-14(10-13)18-11-15(17)8-3-2-4-9-15/h5-7,10,12,16-17H,2-4,8-9,11H2,1H3/t12-/m0/s1. The normalized spacial score (nSPS) is 20.4. The molecular formula is C15H22O3. The van der Waals surface area contributed by atoms with Gasteiger partial charge in [-0.3, -0.25) is 0 Å². The molecule has 0 aliphatic heterocycles. The zero-order valence-electron chi connectivity index (χ0n) is 10.9. The Balaban J connectivity index is 1.95. The van der Waals surface area contributed by atoms with E-state index in [4.69, 9.17) is 4.74 Å². The molecule has 1 aromatic carbocycles. The Hall–Kier alpha value is -1.06. The number of rotatable bonds is 4. The molecule has 1 saturated carbocycles. The van der Waals surface area contributed by atoms with E-state index in [0.717, 1.165) is 31.2 Å². The van der Waals surface area contributed by atoms with Crippen molar-refractivity contribution in [3.8, 4) is 5.75 Å². The summed E-state index contributed by atoms with van der Waals surface area (Å²) >= 11 is 0. The van der Waals surface area contributed by atoms with Crippen molar-refractivity contribution in [3.05, 3.63) is 29.8 Å². The van der Waals surface area contributed by atoms with E-state index in [2.05, 4.69) is 0 Å². The van der Waals surface area contributed by atoms with Gasteiger partial charge in [0.1, 0.15) is 12.4 Å². The second-order valence-electron chi connectivity index (χ2n) is 5.32. The van der Waals surface area contributed by atoms with E-state index >= 15 is 0 Å². The summed E-state index contributed by atoms with van der Waals surface area (Å²) < 4.78 is 5.68. The number of aliphatic hydroxyl groups is 2. The average molecular weight is 250 g/mol. The molecule has 0 saturated heterocycles. The van der Waals surface area contributed by atoms with Gasteiger partial charge in [-0.2, -0.15) is 0 Å². The SMILES string of the molecule is C[C@H](O)c1cccc(OCC2(O)CCCCC2)c1. The first-order chi connectivity index (χ1) is 8.59. The molecule has 1 fully saturated rings. The molecule has 0 unspecified atom stereocenters. The highest BCUT2D eigenvalue weighted by molar-refractivity contribution is 5.29. The lowest BCUT2D eigenvalue weighted by atomic mass is 9.85. The summed E-state index contributed by atoms with van der Waals surface area (Å²) in [4.78, 5) is 0. The Morgan fingerprint density at radius 2 is 2.00 bits per heavy atom. The lowest BCUT2D eigenvalue weighted by molar-refractivity contribution is -0.0339. The third kappa shape index (κ3) is 3.47. The minimum absolute atomic E-state index is 0.344. The van der Waals surface area contributed by atoms with Crippen LogP contribution in [0.5, 0.6) is 5.75 Å². The highest BCUT2D eigenvalue weighted by Gasteiger charge is 2.29. The minimum atomic E-state index is -0.668. The van der Waals surface area contributed by atoms with Crippen molar-refractivity contribution < 1.29 is 14.9 Å². The van der Waals surface area contributed by atoms with E-state index in [1.165, 1.54) is 6.42 Å². The van der Waals surface area contributed by atoms with Crippen molar-refractivity contribution in [3.63, 3.8) is 0 Å². The average Bonchev–Trinajstić information content (AvgIpc) is 2.38. The molecule has 2 rings (SSSR count). The van der Waals surface area contributed by atoms with Gasteiger partial charge in [0.15, 0.2) is 0 Å². The number of aliphatic hydroxyl groups excluding tert-OH is 1. The molecule has 3 nitrogen and oxygen atoms in total. The van der Waals surface area contributed by atoms with Crippen LogP contribution in [0.2, 0.25) is 0 Å². The molecule has 18 heavy (non-hydrogen) atoms. The van der Waals surface area contributed by atoms with Crippen LogP contribution < -0.4 is 4.74 Å². The zero-order valence-corrected chi connectivity index (χ0v) is 10.9. The first kappa shape index (κ1) is 13.4. The Morgan fingerprint density at radius 1 is 1.28 bits per heavy atom. The smallest absolute Gasteiger partial charge is 0.119 e. The van der Waals surface area contributed by atoms with E-state index < -0.39 is 11.7 Å². The molecular weight excluding hydrogens is 228 g/mol. The predicted molar refractivity (Wildman–Crippen MR) is 70.6 cm³/mol. The Morgan fingerprint density at radius 3 is 2.67 bits per heavy atom. The van der Waals surface area contributed by atoms with Crippen molar-refractivity contribution in [1.82, 2.24) is 0 Å². The summed E-state index contributed by atoms with van der Waals surface area (Å²) in [6.45, 7) is 2.07. The monoisotopic (exact) mass is 250 g/mol. The number of benzene rings is 1. The number of hydrogen-bond donors (Lipinski definition) is 2. The van der Waals surface area contributed by atoms with Gasteiger partial charge in [-0.1, -0.05) is 31.4 Å². The van der Waals surface area contributed by atoms with Gasteiger partial charge in [0.25, 0.3) is 0 Å². The van der Waals surface area contributed by atoms with Gasteiger partial charge >= 0.3 is 0 Å². The van der Waals surface area contributed by atoms with Crippen molar-refractivity contribution in [2.45, 2.75) is 50.7 Å². The molecule has 3 heteroatoms. The molecule has 0 aromatic heterocycles. The Kier molecular flexibility index (Phi) is 4.25. The van der Waals surface area contributed by atoms with Crippen molar-refractivity contribution in [2.24, 2.45) is 0 Å². The predicted octanol–water partition coefficient (Wildman–Crippen LogP) is 2.81. The molecule has 1 aliphatic rings. The van der Waals surface area contributed by atoms with Crippen molar-refractivity contribution in [1.29, 1.82) is 0 Å². The van der Waals surface area contributed by atoms with Gasteiger partial charge in [-0.25, -0.2) is 0 Å². The summed E-state index contributed by atoms with van der Waals surface area (Å²) in [6, 6.07) is 7.42. The fourth-order valence-corrected chi connectivity index (χ4v) is 2.44. The van der Waals surface area contributed by atoms with E-state index in [1.807, 2.05) is 24.3 Å². The molecule has 1 aromatic rings. The van der Waals surface area contributed by atoms with Crippen LogP contribution in [-0.4, -0.2) is 22.4 Å². The zero-order chi connectivity index (χ0) is 13.0. The maximum atomic E-state index is 10.3. The summed E-state index contributed by atoms with van der Waals surface area (Å²) in [5.41, 5.74) is 0.169. The van der Waals surface area contributed by atoms with Crippen LogP contribution in [0, 0.1) is 0 Å². The first-order valence-corrected chi connectivity index (χ1v) is 6.72. The molecule has 0 spiro atoms. The molecule has 0 heterocycles. The van der Waals surface area contributed by atoms with Crippen LogP contribution in [0.3, 0.4) is 0 Å². The van der Waals surface area contributed by atoms with Crippen molar-refractivity contribution in [2.75, 3.05) is 6.61 Å². The molecule has 0 bridgehead atoms. The first-order valence-electron chi connectivity index (χ1n) is 6.72. The highest BCUT2D eigenvalue weighted by Crippen LogP contribution is 2.29. The molecule has 0 radical (unpaired) electrons. The van der Waals surface area contributed by atoms with Crippen LogP contribution in [0.15, 0.2) is 24.3 Å². The van der Waals surface area contributed by atoms with Gasteiger partial charge in [0.2, 0.25) is 0 Å². The highest BCUT2D eigenvalue weighted by atomic mass is 16.5. The number of hydrogen-bond acceptors (Lipinski definition) is 3. The summed E-state index contributed by atoms with van der Waals surface area (Å²) in [7, 11) is 0. The fraction of sp³-hybridized carbons (Fsp3) is 0.600. The molecule has 0 amide bonds. The topological polar surface area (TPSA) is 49.7 Å². The van der Waals surface area contributed by atoms with Crippen molar-refractivity contribution >= 4 is 0 Å². The van der Waals surface area contributed by atoms with E-state index in [-0.39, 0.29) is 0 Å². The van der Waals surface area contributed by atoms with Gasteiger partial charge in [-0.05, 0) is 37.5 Å². The van der Waals surface area contributed by atoms with Crippen LogP contribution in [0.25, 0.3) is 0 Å². The Labute approximate surface area is 108 Å². The van der Waals surface area contributed by atoms with E-state index in [1.54, 1.807) is 6.92 Å². The minimum Gasteiger partial charge on any atom is -0.491 e. The van der Waals surface area contributed by atoms with Gasteiger partial charge in [-0.15, -0.1) is 0 Å². The van der Waals surface area contributed by atoms with Crippen LogP contribution >= 0.6 is 0 Å². The second kappa shape index (κ2) is 5.72.